The summed E-state index contributed by atoms with van der Waals surface area (Å²) in [4.78, 5) is 18.5. The third-order valence-electron chi connectivity index (χ3n) is 4.81. The number of carbonyl (C=O) groups is 1. The molecule has 0 bridgehead atoms. The van der Waals surface area contributed by atoms with Gasteiger partial charge in [0.15, 0.2) is 11.8 Å². The third kappa shape index (κ3) is 5.19. The summed E-state index contributed by atoms with van der Waals surface area (Å²) in [6.45, 7) is 0.763. The second kappa shape index (κ2) is 9.01. The Balaban J connectivity index is 1.35. The van der Waals surface area contributed by atoms with Crippen LogP contribution in [0.2, 0.25) is 0 Å². The van der Waals surface area contributed by atoms with Gasteiger partial charge in [-0.25, -0.2) is 0 Å². The monoisotopic (exact) mass is 444 g/mol. The van der Waals surface area contributed by atoms with Gasteiger partial charge >= 0.3 is 6.18 Å². The Kier molecular flexibility index (Phi) is 6.18. The van der Waals surface area contributed by atoms with Crippen molar-refractivity contribution in [1.29, 1.82) is 0 Å². The van der Waals surface area contributed by atoms with Gasteiger partial charge in [0.1, 0.15) is 5.75 Å². The van der Waals surface area contributed by atoms with Crippen LogP contribution in [0.1, 0.15) is 11.1 Å². The number of ether oxygens (including phenoxy) is 1. The van der Waals surface area contributed by atoms with Gasteiger partial charge in [-0.15, -0.1) is 0 Å². The Hall–Kier alpha value is -3.00. The minimum Gasteiger partial charge on any atom is -0.484 e. The molecule has 0 spiro atoms. The number of amides is 1. The fourth-order valence-electron chi connectivity index (χ4n) is 3.25. The van der Waals surface area contributed by atoms with Crippen LogP contribution in [-0.4, -0.2) is 35.7 Å². The van der Waals surface area contributed by atoms with E-state index in [0.717, 1.165) is 22.9 Å². The summed E-state index contributed by atoms with van der Waals surface area (Å²) in [7, 11) is 0. The molecule has 0 saturated heterocycles. The molecule has 0 fully saturated rings. The molecule has 1 amide bonds. The minimum atomic E-state index is -4.38. The number of amidine groups is 1. The summed E-state index contributed by atoms with van der Waals surface area (Å²) < 4.78 is 44.3. The van der Waals surface area contributed by atoms with E-state index in [1.807, 2.05) is 42.5 Å². The van der Waals surface area contributed by atoms with Crippen molar-refractivity contribution in [2.45, 2.75) is 11.9 Å². The number of nitrogens with zero attached hydrogens (tertiary/aromatic N) is 2. The minimum absolute atomic E-state index is 0.137. The smallest absolute Gasteiger partial charge is 0.416 e. The zero-order chi connectivity index (χ0) is 21.8. The molecule has 8 heteroatoms. The maximum Gasteiger partial charge on any atom is 0.416 e. The molecule has 160 valence electrons. The Morgan fingerprint density at radius 2 is 1.84 bits per heavy atom. The first-order chi connectivity index (χ1) is 14.9. The predicted molar refractivity (Wildman–Crippen MR) is 116 cm³/mol. The normalized spacial score (nSPS) is 14.0. The number of hydrogen-bond donors (Lipinski definition) is 0. The zero-order valence-corrected chi connectivity index (χ0v) is 17.2. The molecule has 1 heterocycles. The van der Waals surface area contributed by atoms with E-state index >= 15 is 0 Å². The van der Waals surface area contributed by atoms with Crippen LogP contribution in [0.4, 0.5) is 13.2 Å². The van der Waals surface area contributed by atoms with Crippen LogP contribution < -0.4 is 4.74 Å². The molecule has 1 aliphatic heterocycles. The van der Waals surface area contributed by atoms with Crippen LogP contribution in [0.3, 0.4) is 0 Å². The summed E-state index contributed by atoms with van der Waals surface area (Å²) in [5.74, 6) is 0.653. The number of fused-ring (bicyclic) bond motifs is 1. The van der Waals surface area contributed by atoms with Gasteiger partial charge in [-0.2, -0.15) is 13.2 Å². The summed E-state index contributed by atoms with van der Waals surface area (Å²) in [6.07, 6.45) is -4.38. The highest BCUT2D eigenvalue weighted by molar-refractivity contribution is 8.13. The fourth-order valence-corrected chi connectivity index (χ4v) is 4.25. The SMILES string of the molecule is O=C(COc1ccc2ccccc2c1)N1CCN=C1SCc1cccc(C(F)(F)F)c1. The standard InChI is InChI=1S/C23H19F3N2O2S/c24-23(25,26)19-7-3-4-16(12-19)15-31-22-27-10-11-28(22)21(29)14-30-20-9-8-17-5-1-2-6-18(17)13-20/h1-9,12-13H,10-11,14-15H2. The number of halogens is 3. The lowest BCUT2D eigenvalue weighted by atomic mass is 10.1. The second-order valence-electron chi connectivity index (χ2n) is 6.99. The number of benzene rings is 3. The first-order valence-corrected chi connectivity index (χ1v) is 10.6. The van der Waals surface area contributed by atoms with Gasteiger partial charge in [-0.3, -0.25) is 14.7 Å². The highest BCUT2D eigenvalue weighted by atomic mass is 32.2. The van der Waals surface area contributed by atoms with Gasteiger partial charge in [-0.05, 0) is 34.5 Å². The summed E-state index contributed by atoms with van der Waals surface area (Å²) in [6, 6.07) is 18.7. The maximum atomic E-state index is 12.9. The predicted octanol–water partition coefficient (Wildman–Crippen LogP) is 5.37. The quantitative estimate of drug-likeness (QED) is 0.531. The molecule has 31 heavy (non-hydrogen) atoms. The van der Waals surface area contributed by atoms with E-state index in [0.29, 0.717) is 29.6 Å². The Morgan fingerprint density at radius 1 is 1.03 bits per heavy atom. The molecule has 0 aliphatic carbocycles. The van der Waals surface area contributed by atoms with Crippen molar-refractivity contribution in [2.24, 2.45) is 4.99 Å². The Labute approximate surface area is 181 Å². The largest absolute Gasteiger partial charge is 0.484 e. The molecule has 4 rings (SSSR count). The van der Waals surface area contributed by atoms with E-state index < -0.39 is 11.7 Å². The first kappa shape index (κ1) is 21.2. The van der Waals surface area contributed by atoms with E-state index in [9.17, 15) is 18.0 Å². The van der Waals surface area contributed by atoms with Gasteiger partial charge < -0.3 is 4.74 Å². The molecule has 0 N–H and O–H groups in total. The van der Waals surface area contributed by atoms with Gasteiger partial charge in [0.2, 0.25) is 0 Å². The van der Waals surface area contributed by atoms with Gasteiger partial charge in [0, 0.05) is 12.3 Å². The molecular formula is C23H19F3N2O2S. The van der Waals surface area contributed by atoms with E-state index in [2.05, 4.69) is 4.99 Å². The van der Waals surface area contributed by atoms with E-state index in [-0.39, 0.29) is 18.3 Å². The second-order valence-corrected chi connectivity index (χ2v) is 7.94. The van der Waals surface area contributed by atoms with Crippen molar-refractivity contribution >= 4 is 33.6 Å². The third-order valence-corrected chi connectivity index (χ3v) is 5.89. The van der Waals surface area contributed by atoms with E-state index in [1.54, 1.807) is 6.07 Å². The number of carbonyl (C=O) groups excluding carboxylic acids is 1. The summed E-state index contributed by atoms with van der Waals surface area (Å²) >= 11 is 1.25. The van der Waals surface area contributed by atoms with Crippen molar-refractivity contribution in [3.63, 3.8) is 0 Å². The highest BCUT2D eigenvalue weighted by Crippen LogP contribution is 2.30. The van der Waals surface area contributed by atoms with Crippen LogP contribution in [0, 0.1) is 0 Å². The van der Waals surface area contributed by atoms with Crippen LogP contribution in [0.5, 0.6) is 5.75 Å². The lowest BCUT2D eigenvalue weighted by Gasteiger charge is -2.18. The Morgan fingerprint density at radius 3 is 2.65 bits per heavy atom. The zero-order valence-electron chi connectivity index (χ0n) is 16.4. The van der Waals surface area contributed by atoms with Crippen LogP contribution >= 0.6 is 11.8 Å². The Bertz CT molecular complexity index is 1130. The van der Waals surface area contributed by atoms with E-state index in [1.165, 1.54) is 22.7 Å². The molecule has 0 aromatic heterocycles. The number of aliphatic imine (C=N–C) groups is 1. The average Bonchev–Trinajstić information content (AvgIpc) is 3.24. The van der Waals surface area contributed by atoms with Crippen LogP contribution in [0.15, 0.2) is 71.7 Å². The number of rotatable bonds is 5. The molecule has 0 atom stereocenters. The number of hydrogen-bond acceptors (Lipinski definition) is 4. The molecule has 0 unspecified atom stereocenters. The van der Waals surface area contributed by atoms with Gasteiger partial charge in [0.05, 0.1) is 12.1 Å². The fraction of sp³-hybridized carbons (Fsp3) is 0.217. The molecule has 1 aliphatic rings. The lowest BCUT2D eigenvalue weighted by molar-refractivity contribution is -0.137. The highest BCUT2D eigenvalue weighted by Gasteiger charge is 2.30. The molecule has 4 nitrogen and oxygen atoms in total. The average molecular weight is 444 g/mol. The van der Waals surface area contributed by atoms with Gasteiger partial charge in [0.25, 0.3) is 5.91 Å². The van der Waals surface area contributed by atoms with Gasteiger partial charge in [-0.1, -0.05) is 60.3 Å². The molecule has 3 aromatic rings. The topological polar surface area (TPSA) is 41.9 Å². The first-order valence-electron chi connectivity index (χ1n) is 9.65. The van der Waals surface area contributed by atoms with Crippen molar-refractivity contribution in [3.05, 3.63) is 77.9 Å². The number of thioether (sulfide) groups is 1. The molecule has 0 saturated carbocycles. The molecular weight excluding hydrogens is 425 g/mol. The molecule has 0 radical (unpaired) electrons. The van der Waals surface area contributed by atoms with Crippen molar-refractivity contribution in [3.8, 4) is 5.75 Å². The lowest BCUT2D eigenvalue weighted by Crippen LogP contribution is -2.36. The van der Waals surface area contributed by atoms with E-state index in [4.69, 9.17) is 4.74 Å². The molecule has 3 aromatic carbocycles. The van der Waals surface area contributed by atoms with Crippen LogP contribution in [-0.2, 0) is 16.7 Å². The summed E-state index contributed by atoms with van der Waals surface area (Å²) in [5, 5.41) is 2.61. The van der Waals surface area contributed by atoms with Crippen LogP contribution in [0.25, 0.3) is 10.8 Å². The maximum absolute atomic E-state index is 12.9. The van der Waals surface area contributed by atoms with Crippen molar-refractivity contribution < 1.29 is 22.7 Å². The van der Waals surface area contributed by atoms with Crippen molar-refractivity contribution in [1.82, 2.24) is 4.90 Å². The number of alkyl halides is 3. The van der Waals surface area contributed by atoms with Crippen molar-refractivity contribution in [2.75, 3.05) is 19.7 Å². The summed E-state index contributed by atoms with van der Waals surface area (Å²) in [5.41, 5.74) is -0.162.